The van der Waals surface area contributed by atoms with Gasteiger partial charge in [0.05, 0.1) is 0 Å². The van der Waals surface area contributed by atoms with Gasteiger partial charge in [-0.3, -0.25) is 0 Å². The SMILES string of the molecule is C#Cc1ccc(CC2CCC(C(C(=C)CCc3ccccc3)c3ccc(C4=C(C)CC=C4C)cc3)CC2)cc1. The lowest BCUT2D eigenvalue weighted by Crippen LogP contribution is -2.23. The molecule has 1 atom stereocenters. The van der Waals surface area contributed by atoms with Crippen LogP contribution in [0, 0.1) is 24.2 Å². The molecule has 1 fully saturated rings. The summed E-state index contributed by atoms with van der Waals surface area (Å²) in [5.74, 6) is 4.57. The number of hydrogen-bond donors (Lipinski definition) is 0. The Labute approximate surface area is 236 Å². The van der Waals surface area contributed by atoms with Gasteiger partial charge in [0, 0.05) is 11.5 Å². The first-order chi connectivity index (χ1) is 19.0. The standard InChI is InChI=1S/C39H42/c1-5-31-15-17-33(18-16-31)27-34-19-21-36(22-20-34)39(30(4)13-14-32-9-7-6-8-10-32)37-25-23-35(24-26-37)38-28(2)11-12-29(38)3/h1,6-11,15-18,23-26,34,36,39H,4,12-14,19-22,27H2,2-3H3. The van der Waals surface area contributed by atoms with Gasteiger partial charge in [-0.1, -0.05) is 96.5 Å². The number of allylic oxidation sites excluding steroid dienone is 5. The Morgan fingerprint density at radius 2 is 1.56 bits per heavy atom. The minimum Gasteiger partial charge on any atom is -0.115 e. The van der Waals surface area contributed by atoms with Gasteiger partial charge in [0.15, 0.2) is 0 Å². The Kier molecular flexibility index (Phi) is 8.68. The Morgan fingerprint density at radius 1 is 0.872 bits per heavy atom. The van der Waals surface area contributed by atoms with Crippen molar-refractivity contribution in [3.63, 3.8) is 0 Å². The Hall–Kier alpha value is -3.56. The summed E-state index contributed by atoms with van der Waals surface area (Å²) in [5.41, 5.74) is 12.3. The van der Waals surface area contributed by atoms with E-state index in [0.29, 0.717) is 11.8 Å². The smallest absolute Gasteiger partial charge is 0.0242 e. The minimum absolute atomic E-state index is 0.425. The third-order valence-corrected chi connectivity index (χ3v) is 9.12. The summed E-state index contributed by atoms with van der Waals surface area (Å²) in [6.07, 6.45) is 17.4. The third kappa shape index (κ3) is 6.54. The summed E-state index contributed by atoms with van der Waals surface area (Å²) in [5, 5.41) is 0. The van der Waals surface area contributed by atoms with Gasteiger partial charge in [-0.05, 0) is 123 Å². The minimum atomic E-state index is 0.425. The quantitative estimate of drug-likeness (QED) is 0.198. The van der Waals surface area contributed by atoms with Crippen LogP contribution in [-0.4, -0.2) is 0 Å². The Balaban J connectivity index is 1.31. The highest BCUT2D eigenvalue weighted by Gasteiger charge is 2.30. The molecule has 0 spiro atoms. The molecule has 1 saturated carbocycles. The molecule has 0 heterocycles. The third-order valence-electron chi connectivity index (χ3n) is 9.12. The molecule has 3 aromatic carbocycles. The van der Waals surface area contributed by atoms with Crippen LogP contribution < -0.4 is 0 Å². The molecule has 0 aliphatic heterocycles. The fraction of sp³-hybridized carbons (Fsp3) is 0.333. The van der Waals surface area contributed by atoms with Crippen molar-refractivity contribution in [1.29, 1.82) is 0 Å². The largest absolute Gasteiger partial charge is 0.115 e. The highest BCUT2D eigenvalue weighted by atomic mass is 14.3. The zero-order valence-corrected chi connectivity index (χ0v) is 23.8. The summed E-state index contributed by atoms with van der Waals surface area (Å²) in [6.45, 7) is 9.23. The predicted molar refractivity (Wildman–Crippen MR) is 168 cm³/mol. The van der Waals surface area contributed by atoms with Crippen LogP contribution in [0.25, 0.3) is 5.57 Å². The second-order valence-corrected chi connectivity index (χ2v) is 11.8. The van der Waals surface area contributed by atoms with Crippen LogP contribution in [-0.2, 0) is 12.8 Å². The number of terminal acetylenes is 1. The van der Waals surface area contributed by atoms with Gasteiger partial charge in [-0.2, -0.15) is 0 Å². The number of rotatable bonds is 9. The van der Waals surface area contributed by atoms with Gasteiger partial charge in [0.25, 0.3) is 0 Å². The molecule has 3 aromatic rings. The highest BCUT2D eigenvalue weighted by Crippen LogP contribution is 2.44. The molecule has 1 unspecified atom stereocenters. The zero-order valence-electron chi connectivity index (χ0n) is 23.8. The fourth-order valence-electron chi connectivity index (χ4n) is 6.92. The van der Waals surface area contributed by atoms with E-state index in [1.165, 1.54) is 70.2 Å². The lowest BCUT2D eigenvalue weighted by Gasteiger charge is -2.36. The molecule has 0 aromatic heterocycles. The van der Waals surface area contributed by atoms with Crippen molar-refractivity contribution in [3.05, 3.63) is 136 Å². The molecular formula is C39H42. The average Bonchev–Trinajstić information content (AvgIpc) is 3.31. The molecular weight excluding hydrogens is 468 g/mol. The number of hydrogen-bond acceptors (Lipinski definition) is 0. The van der Waals surface area contributed by atoms with Crippen molar-refractivity contribution in [2.24, 2.45) is 11.8 Å². The molecule has 0 N–H and O–H groups in total. The van der Waals surface area contributed by atoms with Crippen molar-refractivity contribution in [3.8, 4) is 12.3 Å². The van der Waals surface area contributed by atoms with Crippen LogP contribution in [0.2, 0.25) is 0 Å². The van der Waals surface area contributed by atoms with E-state index >= 15 is 0 Å². The van der Waals surface area contributed by atoms with Gasteiger partial charge in [0.2, 0.25) is 0 Å². The zero-order chi connectivity index (χ0) is 27.2. The van der Waals surface area contributed by atoms with Crippen LogP contribution in [0.5, 0.6) is 0 Å². The Bertz CT molecular complexity index is 1370. The maximum atomic E-state index is 5.54. The molecule has 0 radical (unpaired) electrons. The molecule has 0 bridgehead atoms. The van der Waals surface area contributed by atoms with Crippen molar-refractivity contribution in [2.75, 3.05) is 0 Å². The first-order valence-electron chi connectivity index (χ1n) is 14.8. The summed E-state index contributed by atoms with van der Waals surface area (Å²) in [6, 6.07) is 29.0. The first-order valence-corrected chi connectivity index (χ1v) is 14.8. The Morgan fingerprint density at radius 3 is 2.18 bits per heavy atom. The van der Waals surface area contributed by atoms with Crippen LogP contribution >= 0.6 is 0 Å². The number of aryl methyl sites for hydroxylation is 1. The maximum Gasteiger partial charge on any atom is 0.0242 e. The molecule has 5 rings (SSSR count). The van der Waals surface area contributed by atoms with Crippen LogP contribution in [0.3, 0.4) is 0 Å². The van der Waals surface area contributed by atoms with Gasteiger partial charge in [-0.25, -0.2) is 0 Å². The topological polar surface area (TPSA) is 0 Å². The van der Waals surface area contributed by atoms with E-state index in [2.05, 4.69) is 105 Å². The van der Waals surface area contributed by atoms with Crippen LogP contribution in [0.1, 0.15) is 86.1 Å². The summed E-state index contributed by atoms with van der Waals surface area (Å²) in [4.78, 5) is 0. The summed E-state index contributed by atoms with van der Waals surface area (Å²) in [7, 11) is 0. The second kappa shape index (κ2) is 12.5. The second-order valence-electron chi connectivity index (χ2n) is 11.8. The van der Waals surface area contributed by atoms with Gasteiger partial charge in [-0.15, -0.1) is 6.42 Å². The molecule has 0 nitrogen and oxygen atoms in total. The molecule has 0 heteroatoms. The summed E-state index contributed by atoms with van der Waals surface area (Å²) < 4.78 is 0. The maximum absolute atomic E-state index is 5.54. The van der Waals surface area contributed by atoms with Crippen LogP contribution in [0.4, 0.5) is 0 Å². The molecule has 198 valence electrons. The van der Waals surface area contributed by atoms with Crippen molar-refractivity contribution in [2.45, 2.75) is 71.1 Å². The molecule has 2 aliphatic rings. The lowest BCUT2D eigenvalue weighted by molar-refractivity contribution is 0.252. The first kappa shape index (κ1) is 27.0. The van der Waals surface area contributed by atoms with E-state index in [1.54, 1.807) is 0 Å². The van der Waals surface area contributed by atoms with E-state index in [9.17, 15) is 0 Å². The molecule has 0 saturated heterocycles. The van der Waals surface area contributed by atoms with Gasteiger partial charge >= 0.3 is 0 Å². The fourth-order valence-corrected chi connectivity index (χ4v) is 6.92. The highest BCUT2D eigenvalue weighted by molar-refractivity contribution is 5.83. The number of benzene rings is 3. The van der Waals surface area contributed by atoms with Crippen molar-refractivity contribution >= 4 is 5.57 Å². The average molecular weight is 511 g/mol. The molecule has 0 amide bonds. The van der Waals surface area contributed by atoms with E-state index in [4.69, 9.17) is 13.0 Å². The van der Waals surface area contributed by atoms with Gasteiger partial charge < -0.3 is 0 Å². The van der Waals surface area contributed by atoms with E-state index in [-0.39, 0.29) is 0 Å². The molecule has 39 heavy (non-hydrogen) atoms. The van der Waals surface area contributed by atoms with E-state index in [0.717, 1.165) is 37.2 Å². The van der Waals surface area contributed by atoms with Gasteiger partial charge in [0.1, 0.15) is 0 Å². The summed E-state index contributed by atoms with van der Waals surface area (Å²) >= 11 is 0. The van der Waals surface area contributed by atoms with Crippen LogP contribution in [0.15, 0.2) is 108 Å². The van der Waals surface area contributed by atoms with E-state index in [1.807, 2.05) is 0 Å². The molecule has 2 aliphatic carbocycles. The van der Waals surface area contributed by atoms with Crippen molar-refractivity contribution in [1.82, 2.24) is 0 Å². The van der Waals surface area contributed by atoms with E-state index < -0.39 is 0 Å². The van der Waals surface area contributed by atoms with Crippen molar-refractivity contribution < 1.29 is 0 Å². The monoisotopic (exact) mass is 510 g/mol. The lowest BCUT2D eigenvalue weighted by atomic mass is 9.69. The normalized spacial score (nSPS) is 19.9. The predicted octanol–water partition coefficient (Wildman–Crippen LogP) is 10.1.